The Morgan fingerprint density at radius 1 is 1.24 bits per heavy atom. The van der Waals surface area contributed by atoms with Gasteiger partial charge in [0, 0.05) is 0 Å². The molecule has 1 aliphatic rings. The lowest BCUT2D eigenvalue weighted by molar-refractivity contribution is -0.138. The number of carbonyl (C=O) groups is 2. The second kappa shape index (κ2) is 5.54. The Morgan fingerprint density at radius 2 is 1.86 bits per heavy atom. The Morgan fingerprint density at radius 3 is 2.38 bits per heavy atom. The number of azo groups is 1. The van der Waals surface area contributed by atoms with Crippen molar-refractivity contribution in [2.24, 2.45) is 10.2 Å². The molecule has 1 amide bonds. The molecule has 0 bridgehead atoms. The van der Waals surface area contributed by atoms with E-state index in [1.54, 1.807) is 6.92 Å². The molecule has 0 unspecified atom stereocenters. The molecule has 9 heteroatoms. The number of ether oxygens (including phenoxy) is 1. The summed E-state index contributed by atoms with van der Waals surface area (Å²) in [6.07, 6.45) is 0. The fourth-order valence-corrected chi connectivity index (χ4v) is 2.17. The number of rotatable bonds is 4. The van der Waals surface area contributed by atoms with Crippen LogP contribution >= 0.6 is 0 Å². The van der Waals surface area contributed by atoms with Crippen LogP contribution in [-0.2, 0) is 24.4 Å². The number of amides is 1. The molecule has 0 aromatic heterocycles. The summed E-state index contributed by atoms with van der Waals surface area (Å²) in [5, 5.41) is 6.77. The van der Waals surface area contributed by atoms with Gasteiger partial charge in [-0.3, -0.25) is 9.35 Å². The summed E-state index contributed by atoms with van der Waals surface area (Å²) in [5.41, 5.74) is -0.0581. The van der Waals surface area contributed by atoms with Crippen molar-refractivity contribution in [2.75, 3.05) is 6.61 Å². The zero-order chi connectivity index (χ0) is 15.6. The number of hydrogen-bond donors (Lipinski definition) is 1. The maximum Gasteiger partial charge on any atom is 0.359 e. The molecule has 0 atom stereocenters. The summed E-state index contributed by atoms with van der Waals surface area (Å²) in [7, 11) is -4.33. The first-order valence-electron chi connectivity index (χ1n) is 5.80. The van der Waals surface area contributed by atoms with Crippen molar-refractivity contribution < 1.29 is 27.3 Å². The van der Waals surface area contributed by atoms with Gasteiger partial charge in [0.1, 0.15) is 0 Å². The summed E-state index contributed by atoms with van der Waals surface area (Å²) in [6, 6.07) is 4.75. The Hall–Kier alpha value is -2.39. The van der Waals surface area contributed by atoms with Crippen LogP contribution in [0.15, 0.2) is 45.1 Å². The van der Waals surface area contributed by atoms with Crippen molar-refractivity contribution >= 4 is 27.6 Å². The average molecular weight is 310 g/mol. The maximum absolute atomic E-state index is 11.7. The fourth-order valence-electron chi connectivity index (χ4n) is 1.69. The third-order valence-corrected chi connectivity index (χ3v) is 3.47. The van der Waals surface area contributed by atoms with Crippen molar-refractivity contribution in [3.8, 4) is 0 Å². The highest BCUT2D eigenvalue weighted by molar-refractivity contribution is 7.85. The van der Waals surface area contributed by atoms with Crippen LogP contribution in [0.25, 0.3) is 5.57 Å². The molecule has 0 saturated carbocycles. The van der Waals surface area contributed by atoms with Gasteiger partial charge in [-0.2, -0.15) is 8.42 Å². The highest BCUT2D eigenvalue weighted by Crippen LogP contribution is 2.28. The minimum atomic E-state index is -4.33. The third kappa shape index (κ3) is 3.03. The van der Waals surface area contributed by atoms with E-state index in [-0.39, 0.29) is 28.3 Å². The highest BCUT2D eigenvalue weighted by Gasteiger charge is 2.29. The Kier molecular flexibility index (Phi) is 3.96. The molecule has 0 radical (unpaired) electrons. The number of hydrogen-bond acceptors (Lipinski definition) is 6. The van der Waals surface area contributed by atoms with Crippen molar-refractivity contribution in [3.63, 3.8) is 0 Å². The molecule has 1 heterocycles. The lowest BCUT2D eigenvalue weighted by Crippen LogP contribution is -2.08. The van der Waals surface area contributed by atoms with Crippen LogP contribution in [-0.4, -0.2) is 31.5 Å². The lowest BCUT2D eigenvalue weighted by atomic mass is 10.0. The number of carbonyl (C=O) groups excluding carboxylic acids is 2. The maximum atomic E-state index is 11.7. The van der Waals surface area contributed by atoms with Gasteiger partial charge >= 0.3 is 5.97 Å². The van der Waals surface area contributed by atoms with Gasteiger partial charge in [0.15, 0.2) is 5.70 Å². The summed E-state index contributed by atoms with van der Waals surface area (Å²) in [4.78, 5) is 23.0. The van der Waals surface area contributed by atoms with Crippen LogP contribution in [0.5, 0.6) is 0 Å². The quantitative estimate of drug-likeness (QED) is 0.658. The van der Waals surface area contributed by atoms with Gasteiger partial charge in [0.2, 0.25) is 0 Å². The molecule has 1 aliphatic heterocycles. The number of benzene rings is 1. The first-order valence-corrected chi connectivity index (χ1v) is 7.24. The average Bonchev–Trinajstić information content (AvgIpc) is 2.80. The molecule has 8 nitrogen and oxygen atoms in total. The molecular weight excluding hydrogens is 300 g/mol. The summed E-state index contributed by atoms with van der Waals surface area (Å²) >= 11 is 0. The number of nitrogens with zero attached hydrogens (tertiary/aromatic N) is 2. The van der Waals surface area contributed by atoms with Gasteiger partial charge < -0.3 is 4.74 Å². The molecule has 1 N–H and O–H groups in total. The van der Waals surface area contributed by atoms with Crippen molar-refractivity contribution in [3.05, 3.63) is 35.5 Å². The van der Waals surface area contributed by atoms with Crippen LogP contribution in [0.1, 0.15) is 12.5 Å². The van der Waals surface area contributed by atoms with Crippen molar-refractivity contribution in [1.29, 1.82) is 0 Å². The van der Waals surface area contributed by atoms with Gasteiger partial charge in [-0.1, -0.05) is 12.1 Å². The van der Waals surface area contributed by atoms with E-state index < -0.39 is 22.0 Å². The Bertz CT molecular complexity index is 761. The predicted molar refractivity (Wildman–Crippen MR) is 69.7 cm³/mol. The molecule has 0 fully saturated rings. The van der Waals surface area contributed by atoms with Gasteiger partial charge in [0.05, 0.1) is 17.1 Å². The van der Waals surface area contributed by atoms with E-state index in [0.29, 0.717) is 0 Å². The second-order valence-electron chi connectivity index (χ2n) is 3.95. The van der Waals surface area contributed by atoms with E-state index in [1.807, 2.05) is 0 Å². The SMILES string of the molecule is CCOC(=O)C1=C(c2ccc(S(=O)(=O)O)cc2)C(=O)N=N1. The topological polar surface area (TPSA) is 122 Å². The standard InChI is InChI=1S/C12H10N2O6S/c1-2-20-12(16)10-9(11(15)14-13-10)7-3-5-8(6-4-7)21(17,18)19/h3-6H,2H2,1H3,(H,17,18,19). The molecule has 0 saturated heterocycles. The first-order chi connectivity index (χ1) is 9.84. The molecule has 21 heavy (non-hydrogen) atoms. The van der Waals surface area contributed by atoms with Crippen molar-refractivity contribution in [2.45, 2.75) is 11.8 Å². The number of esters is 1. The zero-order valence-electron chi connectivity index (χ0n) is 10.8. The smallest absolute Gasteiger partial charge is 0.359 e. The van der Waals surface area contributed by atoms with Crippen LogP contribution in [0.2, 0.25) is 0 Å². The molecular formula is C12H10N2O6S. The summed E-state index contributed by atoms with van der Waals surface area (Å²) < 4.78 is 35.6. The Balaban J connectivity index is 2.46. The predicted octanol–water partition coefficient (Wildman–Crippen LogP) is 1.20. The zero-order valence-corrected chi connectivity index (χ0v) is 11.6. The van der Waals surface area contributed by atoms with E-state index in [0.717, 1.165) is 12.1 Å². The summed E-state index contributed by atoms with van der Waals surface area (Å²) in [5.74, 6) is -1.52. The van der Waals surface area contributed by atoms with Crippen LogP contribution < -0.4 is 0 Å². The Labute approximate surface area is 119 Å². The monoisotopic (exact) mass is 310 g/mol. The third-order valence-electron chi connectivity index (χ3n) is 2.60. The molecule has 2 rings (SSSR count). The highest BCUT2D eigenvalue weighted by atomic mass is 32.2. The van der Waals surface area contributed by atoms with E-state index in [9.17, 15) is 18.0 Å². The van der Waals surface area contributed by atoms with Crippen molar-refractivity contribution in [1.82, 2.24) is 0 Å². The fraction of sp³-hybridized carbons (Fsp3) is 0.167. The van der Waals surface area contributed by atoms with Gasteiger partial charge in [0.25, 0.3) is 16.0 Å². The van der Waals surface area contributed by atoms with E-state index in [1.165, 1.54) is 12.1 Å². The van der Waals surface area contributed by atoms with Gasteiger partial charge in [-0.15, -0.1) is 10.2 Å². The van der Waals surface area contributed by atoms with Crippen LogP contribution in [0, 0.1) is 0 Å². The minimum Gasteiger partial charge on any atom is -0.461 e. The first kappa shape index (κ1) is 15.0. The normalized spacial score (nSPS) is 14.7. The molecule has 1 aromatic rings. The molecule has 0 aliphatic carbocycles. The van der Waals surface area contributed by atoms with Crippen LogP contribution in [0.4, 0.5) is 0 Å². The summed E-state index contributed by atoms with van der Waals surface area (Å²) in [6.45, 7) is 1.72. The van der Waals surface area contributed by atoms with Crippen LogP contribution in [0.3, 0.4) is 0 Å². The lowest BCUT2D eigenvalue weighted by Gasteiger charge is -2.04. The van der Waals surface area contributed by atoms with E-state index in [4.69, 9.17) is 9.29 Å². The van der Waals surface area contributed by atoms with Gasteiger partial charge in [-0.05, 0) is 24.6 Å². The molecule has 1 aromatic carbocycles. The second-order valence-corrected chi connectivity index (χ2v) is 5.37. The van der Waals surface area contributed by atoms with E-state index >= 15 is 0 Å². The largest absolute Gasteiger partial charge is 0.461 e. The molecule has 110 valence electrons. The van der Waals surface area contributed by atoms with E-state index in [2.05, 4.69) is 10.2 Å². The molecule has 0 spiro atoms. The minimum absolute atomic E-state index is 0.0738. The van der Waals surface area contributed by atoms with Gasteiger partial charge in [-0.25, -0.2) is 4.79 Å².